The second-order valence-corrected chi connectivity index (χ2v) is 8.67. The lowest BCUT2D eigenvalue weighted by Gasteiger charge is -2.34. The molecule has 5 unspecified atom stereocenters. The fourth-order valence-electron chi connectivity index (χ4n) is 4.54. The SMILES string of the molecule is Cc1ccc(CCC(C)N(P)C(C)C(=O)N2CCC3CCCC32)cc1. The van der Waals surface area contributed by atoms with E-state index in [2.05, 4.69) is 64.0 Å². The Bertz CT molecular complexity index is 588. The summed E-state index contributed by atoms with van der Waals surface area (Å²) in [5.74, 6) is 1.10. The molecular weight excluding hydrogens is 327 g/mol. The number of carbonyl (C=O) groups is 1. The van der Waals surface area contributed by atoms with E-state index in [4.69, 9.17) is 0 Å². The third-order valence-corrected chi connectivity index (χ3v) is 7.28. The van der Waals surface area contributed by atoms with Gasteiger partial charge in [0.15, 0.2) is 0 Å². The molecule has 5 atom stereocenters. The van der Waals surface area contributed by atoms with Gasteiger partial charge in [-0.1, -0.05) is 45.6 Å². The van der Waals surface area contributed by atoms with Crippen molar-refractivity contribution in [3.05, 3.63) is 35.4 Å². The van der Waals surface area contributed by atoms with Gasteiger partial charge in [-0.15, -0.1) is 0 Å². The standard InChI is InChI=1S/C21H33N2OP/c1-15-7-10-18(11-8-15)12-9-16(2)23(25)17(3)21(24)22-14-13-19-5-4-6-20(19)22/h7-8,10-11,16-17,19-20H,4-6,9,12-14,25H2,1-3H3. The Balaban J connectivity index is 1.52. The Kier molecular flexibility index (Phi) is 6.17. The molecule has 1 aromatic carbocycles. The monoisotopic (exact) mass is 360 g/mol. The van der Waals surface area contributed by atoms with Gasteiger partial charge in [0.1, 0.15) is 0 Å². The minimum atomic E-state index is -0.0580. The Morgan fingerprint density at radius 1 is 1.24 bits per heavy atom. The Labute approximate surface area is 155 Å². The molecule has 0 spiro atoms. The van der Waals surface area contributed by atoms with Gasteiger partial charge in [0.2, 0.25) is 5.91 Å². The maximum atomic E-state index is 13.0. The highest BCUT2D eigenvalue weighted by Crippen LogP contribution is 2.38. The molecule has 1 saturated heterocycles. The van der Waals surface area contributed by atoms with Crippen LogP contribution in [0.25, 0.3) is 0 Å². The number of nitrogens with zero attached hydrogens (tertiary/aromatic N) is 2. The molecule has 1 aromatic rings. The average Bonchev–Trinajstić information content (AvgIpc) is 3.22. The zero-order chi connectivity index (χ0) is 18.0. The first-order chi connectivity index (χ1) is 12.0. The summed E-state index contributed by atoms with van der Waals surface area (Å²) in [6, 6.07) is 9.62. The van der Waals surface area contributed by atoms with Crippen molar-refractivity contribution in [1.29, 1.82) is 0 Å². The molecule has 1 heterocycles. The minimum Gasteiger partial charge on any atom is -0.338 e. The van der Waals surface area contributed by atoms with Crippen LogP contribution < -0.4 is 0 Å². The number of rotatable bonds is 6. The molecule has 1 saturated carbocycles. The summed E-state index contributed by atoms with van der Waals surface area (Å²) in [6.07, 6.45) is 7.16. The third kappa shape index (κ3) is 4.26. The predicted octanol–water partition coefficient (Wildman–Crippen LogP) is 4.20. The fraction of sp³-hybridized carbons (Fsp3) is 0.667. The average molecular weight is 360 g/mol. The van der Waals surface area contributed by atoms with Crippen molar-refractivity contribution in [3.8, 4) is 0 Å². The van der Waals surface area contributed by atoms with Gasteiger partial charge in [0.25, 0.3) is 0 Å². The molecule has 3 rings (SSSR count). The number of hydrogen-bond acceptors (Lipinski definition) is 2. The lowest BCUT2D eigenvalue weighted by molar-refractivity contribution is -0.136. The first kappa shape index (κ1) is 18.9. The molecular formula is C21H33N2OP. The van der Waals surface area contributed by atoms with Gasteiger partial charge < -0.3 is 4.90 Å². The van der Waals surface area contributed by atoms with E-state index in [-0.39, 0.29) is 6.04 Å². The first-order valence-electron chi connectivity index (χ1n) is 9.86. The van der Waals surface area contributed by atoms with Crippen molar-refractivity contribution in [2.75, 3.05) is 6.54 Å². The Morgan fingerprint density at radius 3 is 2.68 bits per heavy atom. The normalized spacial score (nSPS) is 25.2. The third-order valence-electron chi connectivity index (χ3n) is 6.33. The number of hydrogen-bond donors (Lipinski definition) is 0. The van der Waals surface area contributed by atoms with Crippen molar-refractivity contribution in [2.24, 2.45) is 5.92 Å². The minimum absolute atomic E-state index is 0.0580. The van der Waals surface area contributed by atoms with Gasteiger partial charge in [-0.25, -0.2) is 0 Å². The van der Waals surface area contributed by atoms with Crippen LogP contribution in [0.2, 0.25) is 0 Å². The van der Waals surface area contributed by atoms with E-state index in [9.17, 15) is 4.79 Å². The van der Waals surface area contributed by atoms with E-state index in [0.29, 0.717) is 18.0 Å². The van der Waals surface area contributed by atoms with Gasteiger partial charge in [-0.3, -0.25) is 9.46 Å². The lowest BCUT2D eigenvalue weighted by Crippen LogP contribution is -2.48. The molecule has 1 amide bonds. The smallest absolute Gasteiger partial charge is 0.240 e. The van der Waals surface area contributed by atoms with E-state index in [1.165, 1.54) is 36.8 Å². The highest BCUT2D eigenvalue weighted by molar-refractivity contribution is 7.13. The van der Waals surface area contributed by atoms with E-state index >= 15 is 0 Å². The van der Waals surface area contributed by atoms with Crippen molar-refractivity contribution >= 4 is 15.3 Å². The van der Waals surface area contributed by atoms with Gasteiger partial charge in [0.05, 0.1) is 6.04 Å². The lowest BCUT2D eigenvalue weighted by atomic mass is 10.0. The second-order valence-electron chi connectivity index (χ2n) is 8.08. The summed E-state index contributed by atoms with van der Waals surface area (Å²) in [6.45, 7) is 7.39. The highest BCUT2D eigenvalue weighted by atomic mass is 31.0. The van der Waals surface area contributed by atoms with Gasteiger partial charge in [-0.05, 0) is 64.4 Å². The molecule has 0 radical (unpaired) electrons. The second kappa shape index (κ2) is 8.18. The van der Waals surface area contributed by atoms with Crippen LogP contribution in [0.15, 0.2) is 24.3 Å². The van der Waals surface area contributed by atoms with Gasteiger partial charge in [-0.2, -0.15) is 0 Å². The summed E-state index contributed by atoms with van der Waals surface area (Å²) < 4.78 is 2.19. The first-order valence-corrected chi connectivity index (χ1v) is 10.4. The summed E-state index contributed by atoms with van der Waals surface area (Å²) in [5.41, 5.74) is 2.68. The van der Waals surface area contributed by atoms with E-state index in [0.717, 1.165) is 25.3 Å². The Hall–Kier alpha value is -0.920. The van der Waals surface area contributed by atoms with Crippen LogP contribution in [-0.2, 0) is 11.2 Å². The number of amides is 1. The molecule has 0 aromatic heterocycles. The highest BCUT2D eigenvalue weighted by Gasteiger charge is 2.41. The molecule has 1 aliphatic carbocycles. The quantitative estimate of drug-likeness (QED) is 0.710. The summed E-state index contributed by atoms with van der Waals surface area (Å²) in [4.78, 5) is 15.2. The van der Waals surface area contributed by atoms with Crippen molar-refractivity contribution < 1.29 is 4.79 Å². The van der Waals surface area contributed by atoms with E-state index in [1.807, 2.05) is 0 Å². The van der Waals surface area contributed by atoms with Crippen molar-refractivity contribution in [3.63, 3.8) is 0 Å². The van der Waals surface area contributed by atoms with Crippen molar-refractivity contribution in [2.45, 2.75) is 77.4 Å². The van der Waals surface area contributed by atoms with Crippen LogP contribution in [0.4, 0.5) is 0 Å². The number of likely N-dealkylation sites (tertiary alicyclic amines) is 1. The van der Waals surface area contributed by atoms with E-state index < -0.39 is 0 Å². The molecule has 0 N–H and O–H groups in total. The number of aryl methyl sites for hydroxylation is 2. The van der Waals surface area contributed by atoms with Crippen LogP contribution in [0.3, 0.4) is 0 Å². The number of benzene rings is 1. The van der Waals surface area contributed by atoms with Crippen LogP contribution in [0.5, 0.6) is 0 Å². The molecule has 2 fully saturated rings. The van der Waals surface area contributed by atoms with E-state index in [1.54, 1.807) is 0 Å². The largest absolute Gasteiger partial charge is 0.338 e. The maximum absolute atomic E-state index is 13.0. The maximum Gasteiger partial charge on any atom is 0.240 e. The summed E-state index contributed by atoms with van der Waals surface area (Å²) >= 11 is 0. The predicted molar refractivity (Wildman–Crippen MR) is 107 cm³/mol. The number of fused-ring (bicyclic) bond motifs is 1. The summed E-state index contributed by atoms with van der Waals surface area (Å²) in [7, 11) is 2.82. The molecule has 138 valence electrons. The van der Waals surface area contributed by atoms with Crippen LogP contribution in [0.1, 0.15) is 57.1 Å². The fourth-order valence-corrected chi connectivity index (χ4v) is 4.81. The topological polar surface area (TPSA) is 23.6 Å². The van der Waals surface area contributed by atoms with Crippen LogP contribution in [0, 0.1) is 12.8 Å². The van der Waals surface area contributed by atoms with Crippen molar-refractivity contribution in [1.82, 2.24) is 9.57 Å². The van der Waals surface area contributed by atoms with Gasteiger partial charge >= 0.3 is 0 Å². The molecule has 1 aliphatic heterocycles. The zero-order valence-corrected chi connectivity index (χ0v) is 17.1. The molecule has 25 heavy (non-hydrogen) atoms. The molecule has 3 nitrogen and oxygen atoms in total. The molecule has 2 aliphatic rings. The zero-order valence-electron chi connectivity index (χ0n) is 15.9. The summed E-state index contributed by atoms with van der Waals surface area (Å²) in [5, 5.41) is 0. The number of carbonyl (C=O) groups excluding carboxylic acids is 1. The molecule has 0 bridgehead atoms. The van der Waals surface area contributed by atoms with Crippen LogP contribution >= 0.6 is 9.39 Å². The Morgan fingerprint density at radius 2 is 1.96 bits per heavy atom. The van der Waals surface area contributed by atoms with Crippen LogP contribution in [-0.4, -0.2) is 40.1 Å². The van der Waals surface area contributed by atoms with Gasteiger partial charge in [0, 0.05) is 18.6 Å². The molecule has 4 heteroatoms.